The van der Waals surface area contributed by atoms with Gasteiger partial charge in [-0.05, 0) is 6.07 Å². The highest BCUT2D eigenvalue weighted by Gasteiger charge is 2.11. The van der Waals surface area contributed by atoms with E-state index in [1.54, 1.807) is 18.2 Å². The molecule has 0 saturated carbocycles. The fourth-order valence-corrected chi connectivity index (χ4v) is 1.64. The molecule has 0 aliphatic carbocycles. The number of hydrogen-bond acceptors (Lipinski definition) is 3. The van der Waals surface area contributed by atoms with Crippen LogP contribution in [-0.4, -0.2) is 12.4 Å². The topological polar surface area (TPSA) is 49.4 Å². The van der Waals surface area contributed by atoms with Crippen LogP contribution in [0.25, 0.3) is 0 Å². The number of carbonyl (C=O) groups excluding carboxylic acids is 1. The standard InChI is InChI=1S/C8H6Br2O3/c9-7-4-2-1-3-6(7)8(11)5-13-10-12/h1-4H,5H2. The summed E-state index contributed by atoms with van der Waals surface area (Å²) in [5, 5.41) is 0. The Morgan fingerprint density at radius 2 is 2.23 bits per heavy atom. The highest BCUT2D eigenvalue weighted by Crippen LogP contribution is 2.16. The molecule has 0 saturated heterocycles. The van der Waals surface area contributed by atoms with Gasteiger partial charge in [-0.15, -0.1) is 3.83 Å². The zero-order chi connectivity index (χ0) is 9.68. The Morgan fingerprint density at radius 1 is 1.54 bits per heavy atom. The van der Waals surface area contributed by atoms with Crippen molar-refractivity contribution in [3.8, 4) is 0 Å². The third-order valence-electron chi connectivity index (χ3n) is 1.40. The first-order valence-corrected chi connectivity index (χ1v) is 5.51. The normalized spacial score (nSPS) is 10.0. The van der Waals surface area contributed by atoms with Gasteiger partial charge in [-0.3, -0.25) is 4.79 Å². The molecule has 0 amide bonds. The van der Waals surface area contributed by atoms with Crippen LogP contribution in [0.4, 0.5) is 0 Å². The van der Waals surface area contributed by atoms with Crippen molar-refractivity contribution in [2.24, 2.45) is 0 Å². The number of halogens is 2. The van der Waals surface area contributed by atoms with Crippen LogP contribution < -0.4 is 4.20 Å². The molecule has 1 aromatic rings. The van der Waals surface area contributed by atoms with Gasteiger partial charge in [0.25, 0.3) is 0 Å². The fraction of sp³-hybridized carbons (Fsp3) is 0.125. The molecule has 0 aliphatic heterocycles. The number of Topliss-reactive ketones (excluding diaryl/α,β-unsaturated/α-hetero) is 1. The average Bonchev–Trinajstić information content (AvgIpc) is 2.15. The van der Waals surface area contributed by atoms with Crippen molar-refractivity contribution >= 4 is 21.7 Å². The van der Waals surface area contributed by atoms with Crippen LogP contribution in [0, 0.1) is 15.5 Å². The van der Waals surface area contributed by atoms with Gasteiger partial charge in [-0.25, -0.2) is 0 Å². The first-order chi connectivity index (χ1) is 6.25. The number of benzene rings is 1. The summed E-state index contributed by atoms with van der Waals surface area (Å²) in [5.41, 5.74) is 0.543. The van der Waals surface area contributed by atoms with Crippen molar-refractivity contribution in [1.82, 2.24) is 0 Å². The molecule has 0 fully saturated rings. The average molecular weight is 310 g/mol. The van der Waals surface area contributed by atoms with E-state index in [2.05, 4.69) is 19.8 Å². The summed E-state index contributed by atoms with van der Waals surface area (Å²) in [5.74, 6) is -0.184. The summed E-state index contributed by atoms with van der Waals surface area (Å²) in [7, 11) is 0. The number of rotatable bonds is 4. The lowest BCUT2D eigenvalue weighted by molar-refractivity contribution is -1.27. The van der Waals surface area contributed by atoms with Gasteiger partial charge in [0, 0.05) is 10.0 Å². The van der Waals surface area contributed by atoms with E-state index in [4.69, 9.17) is 0 Å². The van der Waals surface area contributed by atoms with E-state index in [1.807, 2.05) is 6.07 Å². The molecule has 1 aromatic carbocycles. The van der Waals surface area contributed by atoms with Gasteiger partial charge in [0.15, 0.2) is 12.4 Å². The first kappa shape index (κ1) is 10.8. The van der Waals surface area contributed by atoms with E-state index in [0.717, 1.165) is 4.47 Å². The van der Waals surface area contributed by atoms with Crippen molar-refractivity contribution in [3.63, 3.8) is 0 Å². The molecule has 70 valence electrons. The Labute approximate surface area is 91.0 Å². The van der Waals surface area contributed by atoms with Crippen molar-refractivity contribution < 1.29 is 28.4 Å². The van der Waals surface area contributed by atoms with E-state index >= 15 is 0 Å². The predicted octanol–water partition coefficient (Wildman–Crippen LogP) is 0.924. The summed E-state index contributed by atoms with van der Waals surface area (Å²) in [4.78, 5) is 11.3. The zero-order valence-corrected chi connectivity index (χ0v) is 9.67. The minimum absolute atomic E-state index is 0.147. The highest BCUT2D eigenvalue weighted by molar-refractivity contribution is 9.10. The molecule has 0 radical (unpaired) electrons. The number of carbonyl (C=O) groups is 1. The van der Waals surface area contributed by atoms with Crippen molar-refractivity contribution in [2.75, 3.05) is 6.61 Å². The van der Waals surface area contributed by atoms with Crippen LogP contribution in [0.1, 0.15) is 10.4 Å². The lowest BCUT2D eigenvalue weighted by Gasteiger charge is -1.99. The van der Waals surface area contributed by atoms with Crippen molar-refractivity contribution in [2.45, 2.75) is 0 Å². The summed E-state index contributed by atoms with van der Waals surface area (Å²) >= 11 is 2.32. The molecule has 1 rings (SSSR count). The molecule has 0 heterocycles. The Morgan fingerprint density at radius 3 is 2.85 bits per heavy atom. The third kappa shape index (κ3) is 3.19. The molecule has 0 atom stereocenters. The smallest absolute Gasteiger partial charge is 0.420 e. The lowest BCUT2D eigenvalue weighted by atomic mass is 10.1. The fourth-order valence-electron chi connectivity index (χ4n) is 0.837. The molecule has 13 heavy (non-hydrogen) atoms. The van der Waals surface area contributed by atoms with Gasteiger partial charge in [0.1, 0.15) is 0 Å². The predicted molar refractivity (Wildman–Crippen MR) is 44.4 cm³/mol. The second-order valence-corrected chi connectivity index (χ2v) is 3.80. The van der Waals surface area contributed by atoms with E-state index < -0.39 is 15.5 Å². The van der Waals surface area contributed by atoms with Gasteiger partial charge in [-0.2, -0.15) is 0 Å². The Kier molecular flexibility index (Phi) is 4.58. The maximum Gasteiger partial charge on any atom is 0.420 e. The van der Waals surface area contributed by atoms with E-state index in [0.29, 0.717) is 5.56 Å². The largest absolute Gasteiger partial charge is 0.550 e. The zero-order valence-electron chi connectivity index (χ0n) is 6.50. The summed E-state index contributed by atoms with van der Waals surface area (Å²) in [6, 6.07) is 7.03. The molecule has 0 aromatic heterocycles. The molecule has 0 aliphatic rings. The molecule has 0 N–H and O–H groups in total. The minimum atomic E-state index is -0.920. The summed E-state index contributed by atoms with van der Waals surface area (Å²) in [6.45, 7) is -0.147. The van der Waals surface area contributed by atoms with Crippen LogP contribution >= 0.6 is 15.9 Å². The molecule has 5 heteroatoms. The Bertz CT molecular complexity index is 301. The van der Waals surface area contributed by atoms with Gasteiger partial charge in [0.2, 0.25) is 0 Å². The lowest BCUT2D eigenvalue weighted by Crippen LogP contribution is -2.13. The van der Waals surface area contributed by atoms with Crippen LogP contribution in [0.5, 0.6) is 0 Å². The summed E-state index contributed by atoms with van der Waals surface area (Å²) in [6.07, 6.45) is 0. The SMILES string of the molecule is O=C(CO[Br+][O-])c1ccccc1Br. The number of hydrogen-bond donors (Lipinski definition) is 0. The monoisotopic (exact) mass is 308 g/mol. The Hall–Kier alpha value is -0.230. The molecular weight excluding hydrogens is 304 g/mol. The second-order valence-electron chi connectivity index (χ2n) is 2.22. The van der Waals surface area contributed by atoms with E-state index in [1.165, 1.54) is 0 Å². The van der Waals surface area contributed by atoms with Crippen molar-refractivity contribution in [1.29, 1.82) is 0 Å². The molecule has 0 unspecified atom stereocenters. The van der Waals surface area contributed by atoms with Crippen LogP contribution in [0.15, 0.2) is 28.7 Å². The maximum atomic E-state index is 11.3. The Balaban J connectivity index is 2.71. The minimum Gasteiger partial charge on any atom is -0.550 e. The maximum absolute atomic E-state index is 11.3. The van der Waals surface area contributed by atoms with Gasteiger partial charge in [0.05, 0.1) is 0 Å². The summed E-state index contributed by atoms with van der Waals surface area (Å²) < 4.78 is 15.2. The highest BCUT2D eigenvalue weighted by atomic mass is 79.9. The van der Waals surface area contributed by atoms with E-state index in [-0.39, 0.29) is 12.4 Å². The van der Waals surface area contributed by atoms with Gasteiger partial charge in [-0.1, -0.05) is 34.1 Å². The van der Waals surface area contributed by atoms with Crippen molar-refractivity contribution in [3.05, 3.63) is 34.3 Å². The van der Waals surface area contributed by atoms with Gasteiger partial charge >= 0.3 is 15.5 Å². The van der Waals surface area contributed by atoms with Crippen LogP contribution in [0.3, 0.4) is 0 Å². The molecule has 0 spiro atoms. The molecule has 0 bridgehead atoms. The third-order valence-corrected chi connectivity index (χ3v) is 2.51. The van der Waals surface area contributed by atoms with Gasteiger partial charge < -0.3 is 4.20 Å². The molecule has 3 nitrogen and oxygen atoms in total. The number of ketones is 1. The molecular formula is C8H6Br2O3. The van der Waals surface area contributed by atoms with E-state index in [9.17, 15) is 8.99 Å². The van der Waals surface area contributed by atoms with Crippen LogP contribution in [0.2, 0.25) is 0 Å². The second kappa shape index (κ2) is 5.49. The first-order valence-electron chi connectivity index (χ1n) is 3.42. The van der Waals surface area contributed by atoms with Crippen LogP contribution in [-0.2, 0) is 3.83 Å². The quantitative estimate of drug-likeness (QED) is 0.777.